The Hall–Kier alpha value is -12.6. The number of unbranched alkanes of at least 4 members (excludes halogenated alkanes) is 1. The number of cyclic esters (lactones) is 1. The van der Waals surface area contributed by atoms with Crippen molar-refractivity contribution in [3.63, 3.8) is 0 Å². The fraction of sp³-hybridized carbons (Fsp3) is 0.435. The number of carbonyl (C=O) groups excluding carboxylic acids is 14. The van der Waals surface area contributed by atoms with Crippen LogP contribution < -0.4 is 81.2 Å². The average Bonchev–Trinajstić information content (AvgIpc) is 1.64. The van der Waals surface area contributed by atoms with E-state index < -0.39 is 217 Å². The molecule has 0 saturated carbocycles. The molecule has 40 nitrogen and oxygen atoms in total. The van der Waals surface area contributed by atoms with Gasteiger partial charge in [0.15, 0.2) is 0 Å². The van der Waals surface area contributed by atoms with Crippen LogP contribution in [0.4, 0.5) is 4.79 Å². The standard InChI is InChI=1S/C85H106N18O22S2/c1-5-7-20-57(93-77(116)62(39-104)90-67(109)38-102(30-29-87)84(123)125-85(6-2)54-35-66-70-50(33-48-18-11-13-21-55(48)91-70)37-103(66)82(121)53(54)41-124-83(85)122)72(111)94-60(32-47-24-26-51(108)27-25-47)75(114)97-63(40-105)78(117)98-64-42-126-127-43-65(80(119)100-68(44(3)106)71(88)110)99-81(120)69(45(4)107)101-73(112)58(23-15-28-86)92-76(115)61(34-49-36-89-56-22-14-12-19-52(49)56)96-74(113)59(95-79(64)118)31-46-16-9-8-10-17-46/h8-14,16-19,21-22,24-27,33,35-36,44-45,57-65,68-69,89,104-108H,5-7,15,20,23,28-32,34,37-43,86-87H2,1-4H3,(H2,88,110)(H,90,109)(H,92,115)(H,93,116)(H,94,111)(H,95,118)(H,96,113)(H,97,114)(H,98,117)(H,99,120)(H,100,119)(H,101,112)/t44-,45-,57+,58+,59+,60-,61-,62-,63-,64-,65-,68+,69+,85+/m1/s1. The van der Waals surface area contributed by atoms with E-state index in [1.807, 2.05) is 24.3 Å². The predicted octanol–water partition coefficient (Wildman–Crippen LogP) is -2.71. The molecule has 0 unspecified atom stereocenters. The second-order valence-electron chi connectivity index (χ2n) is 30.9. The first-order valence-electron chi connectivity index (χ1n) is 41.4. The third-order valence-corrected chi connectivity index (χ3v) is 24.1. The number of hydrogen-bond acceptors (Lipinski definition) is 27. The van der Waals surface area contributed by atoms with Crippen LogP contribution in [0.1, 0.15) is 99.6 Å². The number of pyridine rings is 2. The number of aliphatic hydroxyl groups excluding tert-OH is 4. The molecule has 6 heterocycles. The molecule has 680 valence electrons. The number of primary amides is 1. The van der Waals surface area contributed by atoms with Gasteiger partial charge in [-0.15, -0.1) is 0 Å². The maximum Gasteiger partial charge on any atom is 0.411 e. The van der Waals surface area contributed by atoms with Crippen LogP contribution in [0.25, 0.3) is 33.2 Å². The van der Waals surface area contributed by atoms with Crippen LogP contribution in [0, 0.1) is 0 Å². The molecular weight excluding hydrogens is 1690 g/mol. The van der Waals surface area contributed by atoms with Gasteiger partial charge in [-0.3, -0.25) is 67.2 Å². The zero-order chi connectivity index (χ0) is 91.9. The minimum Gasteiger partial charge on any atom is -0.508 e. The Kier molecular flexibility index (Phi) is 34.3. The predicted molar refractivity (Wildman–Crippen MR) is 464 cm³/mol. The van der Waals surface area contributed by atoms with E-state index in [1.54, 1.807) is 79.9 Å². The van der Waals surface area contributed by atoms with E-state index in [9.17, 15) is 87.9 Å². The highest BCUT2D eigenvalue weighted by Crippen LogP contribution is 2.42. The van der Waals surface area contributed by atoms with Crippen molar-refractivity contribution in [3.05, 3.63) is 165 Å². The summed E-state index contributed by atoms with van der Waals surface area (Å²) in [6, 6.07) is 12.5. The number of para-hydroxylation sites is 2. The molecule has 10 rings (SSSR count). The summed E-state index contributed by atoms with van der Waals surface area (Å²) in [7, 11) is 1.54. The largest absolute Gasteiger partial charge is 0.508 e. The van der Waals surface area contributed by atoms with Gasteiger partial charge in [-0.2, -0.15) is 0 Å². The van der Waals surface area contributed by atoms with Crippen molar-refractivity contribution in [1.82, 2.24) is 77.9 Å². The molecule has 7 aromatic rings. The summed E-state index contributed by atoms with van der Waals surface area (Å²) < 4.78 is 13.0. The van der Waals surface area contributed by atoms with E-state index in [0.29, 0.717) is 50.9 Å². The Morgan fingerprint density at radius 1 is 0.677 bits per heavy atom. The minimum atomic E-state index is -2.23. The number of aromatic hydroxyl groups is 1. The van der Waals surface area contributed by atoms with Crippen LogP contribution in [-0.2, 0) is 110 Å². The van der Waals surface area contributed by atoms with Crippen LogP contribution in [0.2, 0.25) is 0 Å². The number of aromatic nitrogens is 3. The summed E-state index contributed by atoms with van der Waals surface area (Å²) in [5, 5.41) is 82.8. The average molecular weight is 1800 g/mol. The number of fused-ring (bicyclic) bond motifs is 6. The first-order valence-corrected chi connectivity index (χ1v) is 43.8. The van der Waals surface area contributed by atoms with Crippen LogP contribution in [0.3, 0.4) is 0 Å². The van der Waals surface area contributed by atoms with E-state index in [2.05, 4.69) is 63.5 Å². The zero-order valence-corrected chi connectivity index (χ0v) is 71.7. The number of hydrogen-bond donors (Lipinski definition) is 20. The number of nitrogens with one attached hydrogen (secondary N) is 12. The van der Waals surface area contributed by atoms with Crippen molar-refractivity contribution in [2.24, 2.45) is 17.2 Å². The Morgan fingerprint density at radius 2 is 1.31 bits per heavy atom. The van der Waals surface area contributed by atoms with Crippen molar-refractivity contribution in [1.29, 1.82) is 0 Å². The molecule has 1 saturated heterocycles. The lowest BCUT2D eigenvalue weighted by atomic mass is 9.85. The lowest BCUT2D eigenvalue weighted by Gasteiger charge is -2.37. The maximum absolute atomic E-state index is 15.3. The van der Waals surface area contributed by atoms with Gasteiger partial charge in [-0.05, 0) is 99.2 Å². The first-order chi connectivity index (χ1) is 60.8. The number of ether oxygens (including phenoxy) is 2. The Morgan fingerprint density at radius 3 is 1.98 bits per heavy atom. The third kappa shape index (κ3) is 24.6. The molecule has 23 N–H and O–H groups in total. The number of H-pyrrole nitrogens is 1. The van der Waals surface area contributed by atoms with Crippen LogP contribution in [-0.4, -0.2) is 257 Å². The van der Waals surface area contributed by atoms with Gasteiger partial charge in [0, 0.05) is 77.5 Å². The number of aliphatic hydroxyl groups is 4. The molecule has 3 aromatic heterocycles. The Balaban J connectivity index is 0.890. The molecule has 3 aliphatic heterocycles. The fourth-order valence-electron chi connectivity index (χ4n) is 14.7. The van der Waals surface area contributed by atoms with E-state index in [4.69, 9.17) is 31.7 Å². The molecular formula is C85H106N18O22S2. The Bertz CT molecular complexity index is 5260. The number of carbonyl (C=O) groups is 14. The number of nitrogens with two attached hydrogens (primary N) is 3. The van der Waals surface area contributed by atoms with E-state index >= 15 is 9.59 Å². The van der Waals surface area contributed by atoms with Crippen LogP contribution >= 0.6 is 21.6 Å². The molecule has 14 atom stereocenters. The van der Waals surface area contributed by atoms with Crippen molar-refractivity contribution in [2.75, 3.05) is 50.9 Å². The normalized spacial score (nSPS) is 20.3. The number of aromatic amines is 1. The molecule has 0 radical (unpaired) electrons. The molecule has 1 fully saturated rings. The number of esters is 1. The quantitative estimate of drug-likeness (QED) is 0.0144. The van der Waals surface area contributed by atoms with Crippen LogP contribution in [0.5, 0.6) is 5.75 Å². The number of rotatable bonds is 34. The summed E-state index contributed by atoms with van der Waals surface area (Å²) >= 11 is 0. The summed E-state index contributed by atoms with van der Waals surface area (Å²) in [5.74, 6) is -15.4. The van der Waals surface area contributed by atoms with Crippen molar-refractivity contribution in [2.45, 2.75) is 183 Å². The highest BCUT2D eigenvalue weighted by molar-refractivity contribution is 8.76. The lowest BCUT2D eigenvalue weighted by Crippen LogP contribution is -2.63. The van der Waals surface area contributed by atoms with Crippen LogP contribution in [0.15, 0.2) is 126 Å². The monoisotopic (exact) mass is 1790 g/mol. The second kappa shape index (κ2) is 45.0. The molecule has 0 aliphatic carbocycles. The van der Waals surface area contributed by atoms with Gasteiger partial charge in [0.2, 0.25) is 76.5 Å². The van der Waals surface area contributed by atoms with E-state index in [0.717, 1.165) is 51.3 Å². The molecule has 3 aliphatic rings. The topological polar surface area (TPSA) is 623 Å². The number of benzene rings is 4. The highest BCUT2D eigenvalue weighted by Gasteiger charge is 2.52. The number of amides is 13. The smallest absolute Gasteiger partial charge is 0.411 e. The minimum absolute atomic E-state index is 0.00338. The van der Waals surface area contributed by atoms with Gasteiger partial charge in [0.25, 0.3) is 5.56 Å². The zero-order valence-electron chi connectivity index (χ0n) is 70.1. The number of nitrogens with zero attached hydrogens (tertiary/aromatic N) is 3. The third-order valence-electron chi connectivity index (χ3n) is 21.7. The molecule has 42 heteroatoms. The first kappa shape index (κ1) is 96.6. The molecule has 0 bridgehead atoms. The summed E-state index contributed by atoms with van der Waals surface area (Å²) in [5.41, 5.74) is 18.8. The SMILES string of the molecule is CCCC[C@H](NC(=O)[C@@H](CO)NC(=O)CN(CCN)C(=O)O[C@]1(CC)C(=O)OCc2c1cc1n(c2=O)Cc2cc3ccccc3nc2-1)C(=O)N[C@H](Cc1ccc(O)cc1)C(=O)N[C@H](CO)C(=O)N[C@@H]1CSSC[C@H](C(=O)N[C@H](C(N)=O)[C@@H](C)O)NC(=O)[C@H]([C@@H](C)O)NC(=O)[C@H](CCCN)NC(=O)[C@@H](Cc2c[nH]c3ccccc23)NC(=O)[C@H](Cc2ccccc2)NC1=O. The number of phenols is 1. The highest BCUT2D eigenvalue weighted by atomic mass is 33.1. The van der Waals surface area contributed by atoms with E-state index in [1.165, 1.54) is 35.8 Å². The summed E-state index contributed by atoms with van der Waals surface area (Å²) in [6.45, 7) is 1.44. The molecule has 0 spiro atoms. The second-order valence-corrected chi connectivity index (χ2v) is 33.5. The van der Waals surface area contributed by atoms with Crippen molar-refractivity contribution < 1.29 is 102 Å². The van der Waals surface area contributed by atoms with Gasteiger partial charge in [0.05, 0.1) is 54.4 Å². The Labute approximate surface area is 736 Å². The summed E-state index contributed by atoms with van der Waals surface area (Å²) in [4.78, 5) is 225. The molecule has 13 amide bonds. The lowest BCUT2D eigenvalue weighted by molar-refractivity contribution is -0.173. The maximum atomic E-state index is 15.3. The van der Waals surface area contributed by atoms with Gasteiger partial charge >= 0.3 is 12.1 Å². The van der Waals surface area contributed by atoms with Crippen molar-refractivity contribution in [3.8, 4) is 17.1 Å². The van der Waals surface area contributed by atoms with Gasteiger partial charge < -0.3 is 120 Å². The number of phenolic OH excluding ortho intramolecular Hbond substituents is 1. The summed E-state index contributed by atoms with van der Waals surface area (Å²) in [6.07, 6.45) is -3.68. The van der Waals surface area contributed by atoms with Crippen molar-refractivity contribution >= 4 is 126 Å². The molecule has 4 aromatic carbocycles. The van der Waals surface area contributed by atoms with E-state index in [-0.39, 0.29) is 88.0 Å². The fourth-order valence-corrected chi connectivity index (χ4v) is 17.1. The van der Waals surface area contributed by atoms with Gasteiger partial charge in [-0.25, -0.2) is 14.6 Å². The van der Waals surface area contributed by atoms with Gasteiger partial charge in [0.1, 0.15) is 85.4 Å². The molecule has 127 heavy (non-hydrogen) atoms. The van der Waals surface area contributed by atoms with Gasteiger partial charge in [-0.1, -0.05) is 127 Å².